The number of rotatable bonds is 5. The van der Waals surface area contributed by atoms with Crippen molar-refractivity contribution in [2.45, 2.75) is 27.2 Å². The fourth-order valence-corrected chi connectivity index (χ4v) is 2.26. The molecule has 102 valence electrons. The molecule has 4 nitrogen and oxygen atoms in total. The third-order valence-electron chi connectivity index (χ3n) is 3.80. The molecule has 2 rings (SSSR count). The average molecular weight is 279 g/mol. The van der Waals surface area contributed by atoms with E-state index in [2.05, 4.69) is 36.3 Å². The fourth-order valence-electron chi connectivity index (χ4n) is 1.85. The van der Waals surface area contributed by atoms with Gasteiger partial charge < -0.3 is 0 Å². The van der Waals surface area contributed by atoms with E-state index in [9.17, 15) is 0 Å². The molecule has 1 aromatic heterocycles. The number of tetrazole rings is 1. The summed E-state index contributed by atoms with van der Waals surface area (Å²) in [5, 5.41) is 12.0. The van der Waals surface area contributed by atoms with Gasteiger partial charge in [-0.25, -0.2) is 0 Å². The summed E-state index contributed by atoms with van der Waals surface area (Å²) >= 11 is 6.14. The van der Waals surface area contributed by atoms with Crippen molar-refractivity contribution in [3.8, 4) is 5.69 Å². The lowest BCUT2D eigenvalue weighted by Crippen LogP contribution is -2.29. The molecule has 1 heterocycles. The fraction of sp³-hybridized carbons (Fsp3) is 0.500. The highest BCUT2D eigenvalue weighted by Crippen LogP contribution is 2.32. The topological polar surface area (TPSA) is 43.6 Å². The molecule has 2 aromatic rings. The van der Waals surface area contributed by atoms with Crippen LogP contribution in [0.15, 0.2) is 30.3 Å². The Labute approximate surface area is 118 Å². The molecule has 0 saturated carbocycles. The van der Waals surface area contributed by atoms with E-state index >= 15 is 0 Å². The minimum atomic E-state index is -0.0111. The standard InChI is InChI=1S/C14H19ClN4/c1-11(2)14(3,10-15)9-13-16-17-18-19(13)12-7-5-4-6-8-12/h4-8,11H,9-10H2,1-3H3. The van der Waals surface area contributed by atoms with Gasteiger partial charge in [0.2, 0.25) is 0 Å². The minimum Gasteiger partial charge on any atom is -0.197 e. The van der Waals surface area contributed by atoms with Gasteiger partial charge in [-0.3, -0.25) is 0 Å². The van der Waals surface area contributed by atoms with Gasteiger partial charge in [0, 0.05) is 12.3 Å². The van der Waals surface area contributed by atoms with Gasteiger partial charge >= 0.3 is 0 Å². The maximum Gasteiger partial charge on any atom is 0.157 e. The van der Waals surface area contributed by atoms with Crippen molar-refractivity contribution in [2.24, 2.45) is 11.3 Å². The van der Waals surface area contributed by atoms with E-state index in [-0.39, 0.29) is 5.41 Å². The van der Waals surface area contributed by atoms with E-state index < -0.39 is 0 Å². The van der Waals surface area contributed by atoms with E-state index in [1.807, 2.05) is 30.3 Å². The van der Waals surface area contributed by atoms with Gasteiger partial charge in [0.15, 0.2) is 5.82 Å². The van der Waals surface area contributed by atoms with Gasteiger partial charge in [-0.2, -0.15) is 4.68 Å². The molecule has 0 N–H and O–H groups in total. The molecule has 0 amide bonds. The molecule has 0 saturated heterocycles. The van der Waals surface area contributed by atoms with Crippen molar-refractivity contribution in [2.75, 3.05) is 5.88 Å². The Morgan fingerprint density at radius 1 is 1.26 bits per heavy atom. The van der Waals surface area contributed by atoms with Crippen LogP contribution in [0.3, 0.4) is 0 Å². The second-order valence-electron chi connectivity index (χ2n) is 5.46. The molecule has 1 aromatic carbocycles. The lowest BCUT2D eigenvalue weighted by Gasteiger charge is -2.30. The zero-order chi connectivity index (χ0) is 13.9. The summed E-state index contributed by atoms with van der Waals surface area (Å²) in [4.78, 5) is 0. The Balaban J connectivity index is 2.31. The molecule has 0 spiro atoms. The van der Waals surface area contributed by atoms with E-state index in [1.165, 1.54) is 0 Å². The lowest BCUT2D eigenvalue weighted by atomic mass is 9.78. The van der Waals surface area contributed by atoms with Gasteiger partial charge in [0.1, 0.15) is 0 Å². The number of para-hydroxylation sites is 1. The van der Waals surface area contributed by atoms with Crippen LogP contribution in [0.25, 0.3) is 5.69 Å². The van der Waals surface area contributed by atoms with Crippen LogP contribution in [0, 0.1) is 11.3 Å². The molecular weight excluding hydrogens is 260 g/mol. The van der Waals surface area contributed by atoms with Crippen LogP contribution in [0.4, 0.5) is 0 Å². The molecule has 0 radical (unpaired) electrons. The number of aromatic nitrogens is 4. The van der Waals surface area contributed by atoms with Crippen molar-refractivity contribution >= 4 is 11.6 Å². The van der Waals surface area contributed by atoms with Crippen molar-refractivity contribution in [1.82, 2.24) is 20.2 Å². The Bertz CT molecular complexity index is 523. The first kappa shape index (κ1) is 14.0. The van der Waals surface area contributed by atoms with Gasteiger partial charge in [-0.1, -0.05) is 39.0 Å². The van der Waals surface area contributed by atoms with Crippen LogP contribution in [0.1, 0.15) is 26.6 Å². The summed E-state index contributed by atoms with van der Waals surface area (Å²) in [5.74, 6) is 1.90. The summed E-state index contributed by atoms with van der Waals surface area (Å²) in [6.45, 7) is 6.53. The third-order valence-corrected chi connectivity index (χ3v) is 4.41. The van der Waals surface area contributed by atoms with Crippen LogP contribution < -0.4 is 0 Å². The SMILES string of the molecule is CC(C)C(C)(CCl)Cc1nnnn1-c1ccccc1. The van der Waals surface area contributed by atoms with Gasteiger partial charge in [-0.05, 0) is 33.9 Å². The molecule has 0 aliphatic rings. The summed E-state index contributed by atoms with van der Waals surface area (Å²) in [6.07, 6.45) is 0.760. The molecule has 0 fully saturated rings. The second kappa shape index (κ2) is 5.70. The minimum absolute atomic E-state index is 0.0111. The molecule has 5 heteroatoms. The molecule has 1 atom stereocenters. The Hall–Kier alpha value is -1.42. The first-order chi connectivity index (χ1) is 9.07. The second-order valence-corrected chi connectivity index (χ2v) is 5.73. The van der Waals surface area contributed by atoms with Crippen molar-refractivity contribution in [3.05, 3.63) is 36.2 Å². The molecule has 19 heavy (non-hydrogen) atoms. The number of alkyl halides is 1. The quantitative estimate of drug-likeness (QED) is 0.790. The Morgan fingerprint density at radius 2 is 1.95 bits per heavy atom. The molecule has 0 aliphatic carbocycles. The number of nitrogens with zero attached hydrogens (tertiary/aromatic N) is 4. The highest BCUT2D eigenvalue weighted by atomic mass is 35.5. The molecule has 0 bridgehead atoms. The first-order valence-corrected chi connectivity index (χ1v) is 6.99. The Morgan fingerprint density at radius 3 is 2.53 bits per heavy atom. The maximum atomic E-state index is 6.14. The number of hydrogen-bond acceptors (Lipinski definition) is 3. The molecule has 0 aliphatic heterocycles. The third kappa shape index (κ3) is 2.95. The van der Waals surface area contributed by atoms with E-state index in [0.717, 1.165) is 17.9 Å². The van der Waals surface area contributed by atoms with E-state index in [4.69, 9.17) is 11.6 Å². The van der Waals surface area contributed by atoms with Gasteiger partial charge in [0.05, 0.1) is 5.69 Å². The monoisotopic (exact) mass is 278 g/mol. The predicted octanol–water partition coefficient (Wildman–Crippen LogP) is 3.11. The normalized spacial score (nSPS) is 14.6. The van der Waals surface area contributed by atoms with E-state index in [1.54, 1.807) is 4.68 Å². The van der Waals surface area contributed by atoms with Crippen molar-refractivity contribution in [3.63, 3.8) is 0 Å². The van der Waals surface area contributed by atoms with Crippen LogP contribution in [-0.4, -0.2) is 26.1 Å². The van der Waals surface area contributed by atoms with Gasteiger partial charge in [-0.15, -0.1) is 16.7 Å². The van der Waals surface area contributed by atoms with Crippen LogP contribution in [0.2, 0.25) is 0 Å². The number of hydrogen-bond donors (Lipinski definition) is 0. The van der Waals surface area contributed by atoms with Crippen LogP contribution in [-0.2, 0) is 6.42 Å². The highest BCUT2D eigenvalue weighted by molar-refractivity contribution is 6.18. The summed E-state index contributed by atoms with van der Waals surface area (Å²) in [6, 6.07) is 9.92. The maximum absolute atomic E-state index is 6.14. The van der Waals surface area contributed by atoms with Crippen molar-refractivity contribution in [1.29, 1.82) is 0 Å². The van der Waals surface area contributed by atoms with Gasteiger partial charge in [0.25, 0.3) is 0 Å². The van der Waals surface area contributed by atoms with Crippen LogP contribution >= 0.6 is 11.6 Å². The zero-order valence-electron chi connectivity index (χ0n) is 11.5. The van der Waals surface area contributed by atoms with E-state index in [0.29, 0.717) is 11.8 Å². The largest absolute Gasteiger partial charge is 0.197 e. The summed E-state index contributed by atoms with van der Waals surface area (Å²) < 4.78 is 1.78. The highest BCUT2D eigenvalue weighted by Gasteiger charge is 2.30. The summed E-state index contributed by atoms with van der Waals surface area (Å²) in [5.41, 5.74) is 0.964. The average Bonchev–Trinajstić information content (AvgIpc) is 2.87. The van der Waals surface area contributed by atoms with Crippen molar-refractivity contribution < 1.29 is 0 Å². The first-order valence-electron chi connectivity index (χ1n) is 6.45. The number of benzene rings is 1. The Kier molecular flexibility index (Phi) is 4.20. The summed E-state index contributed by atoms with van der Waals surface area (Å²) in [7, 11) is 0. The number of halogens is 1. The molecule has 1 unspecified atom stereocenters. The molecular formula is C14H19ClN4. The smallest absolute Gasteiger partial charge is 0.157 e. The lowest BCUT2D eigenvalue weighted by molar-refractivity contribution is 0.246. The van der Waals surface area contributed by atoms with Crippen LogP contribution in [0.5, 0.6) is 0 Å². The zero-order valence-corrected chi connectivity index (χ0v) is 12.3. The predicted molar refractivity (Wildman–Crippen MR) is 76.5 cm³/mol.